The van der Waals surface area contributed by atoms with Crippen molar-refractivity contribution in [2.45, 2.75) is 31.8 Å². The minimum atomic E-state index is -1.12. The first kappa shape index (κ1) is 19.5. The molecule has 1 saturated heterocycles. The Morgan fingerprint density at radius 2 is 1.65 bits per heavy atom. The summed E-state index contributed by atoms with van der Waals surface area (Å²) in [5, 5.41) is 0. The van der Waals surface area contributed by atoms with Gasteiger partial charge in [0.2, 0.25) is 5.79 Å². The number of rotatable bonds is 5. The maximum absolute atomic E-state index is 12.3. The van der Waals surface area contributed by atoms with E-state index in [1.165, 1.54) is 11.6 Å². The summed E-state index contributed by atoms with van der Waals surface area (Å²) in [7, 11) is 0. The second-order valence-corrected chi connectivity index (χ2v) is 8.13. The molecule has 3 aromatic rings. The number of hydrogen-bond acceptors (Lipinski definition) is 5. The molecule has 1 fully saturated rings. The summed E-state index contributed by atoms with van der Waals surface area (Å²) in [5.74, 6) is -1.36. The zero-order valence-electron chi connectivity index (χ0n) is 17.4. The Morgan fingerprint density at radius 3 is 2.35 bits per heavy atom. The number of pyridine rings is 1. The number of carbonyl (C=O) groups is 1. The molecule has 0 N–H and O–H groups in total. The molecule has 2 aliphatic heterocycles. The fourth-order valence-corrected chi connectivity index (χ4v) is 4.59. The van der Waals surface area contributed by atoms with Gasteiger partial charge in [-0.05, 0) is 35.7 Å². The van der Waals surface area contributed by atoms with Gasteiger partial charge in [-0.15, -0.1) is 0 Å². The van der Waals surface area contributed by atoms with Crippen molar-refractivity contribution in [2.24, 2.45) is 5.92 Å². The smallest absolute Gasteiger partial charge is 0.336 e. The van der Waals surface area contributed by atoms with Gasteiger partial charge in [0.05, 0.1) is 6.08 Å². The molecule has 5 rings (SSSR count). The Bertz CT molecular complexity index is 1090. The molecule has 2 aromatic carbocycles. The maximum atomic E-state index is 12.3. The third-order valence-electron chi connectivity index (χ3n) is 5.98. The largest absolute Gasteiger partial charge is 0.492 e. The Labute approximate surface area is 181 Å². The summed E-state index contributed by atoms with van der Waals surface area (Å²) in [6.07, 6.45) is 4.93. The SMILES string of the molecule is Cc1ccc(COC2=CC(=O)O[C@]3(C)OC(c4ccccc4)(c4ccncc4)[C@H]23)cc1. The summed E-state index contributed by atoms with van der Waals surface area (Å²) in [5.41, 5.74) is 3.26. The number of esters is 1. The van der Waals surface area contributed by atoms with Crippen LogP contribution in [0.2, 0.25) is 0 Å². The molecule has 2 aliphatic rings. The zero-order chi connectivity index (χ0) is 21.5. The van der Waals surface area contributed by atoms with Gasteiger partial charge < -0.3 is 14.2 Å². The molecule has 3 heterocycles. The Morgan fingerprint density at radius 1 is 0.968 bits per heavy atom. The molecule has 0 saturated carbocycles. The number of fused-ring (bicyclic) bond motifs is 1. The van der Waals surface area contributed by atoms with E-state index in [0.29, 0.717) is 12.4 Å². The van der Waals surface area contributed by atoms with Crippen molar-refractivity contribution in [1.82, 2.24) is 4.98 Å². The lowest BCUT2D eigenvalue weighted by molar-refractivity contribution is -0.396. The van der Waals surface area contributed by atoms with Gasteiger partial charge in [0.1, 0.15) is 23.9 Å². The quantitative estimate of drug-likeness (QED) is 0.570. The predicted molar refractivity (Wildman–Crippen MR) is 115 cm³/mol. The van der Waals surface area contributed by atoms with Gasteiger partial charge in [-0.1, -0.05) is 60.2 Å². The normalized spacial score (nSPS) is 26.8. The molecule has 0 bridgehead atoms. The molecule has 1 aromatic heterocycles. The Hall–Kier alpha value is -3.44. The van der Waals surface area contributed by atoms with E-state index in [2.05, 4.69) is 4.98 Å². The Kier molecular flexibility index (Phi) is 4.63. The standard InChI is InChI=1S/C26H23NO4/c1-18-8-10-19(11-9-18)17-29-22-16-23(28)30-25(2)24(22)26(31-25,20-6-4-3-5-7-20)21-12-14-27-15-13-21/h3-16,24H,17H2,1-2H3/t24-,25-,26?/m1/s1. The Balaban J connectivity index is 1.57. The van der Waals surface area contributed by atoms with Crippen LogP contribution in [-0.2, 0) is 31.2 Å². The number of carbonyl (C=O) groups excluding carboxylic acids is 1. The van der Waals surface area contributed by atoms with Crippen LogP contribution < -0.4 is 0 Å². The number of nitrogens with zero attached hydrogens (tertiary/aromatic N) is 1. The van der Waals surface area contributed by atoms with Crippen LogP contribution in [0.3, 0.4) is 0 Å². The van der Waals surface area contributed by atoms with Gasteiger partial charge >= 0.3 is 5.97 Å². The van der Waals surface area contributed by atoms with E-state index < -0.39 is 17.4 Å². The van der Waals surface area contributed by atoms with Gasteiger partial charge in [-0.2, -0.15) is 0 Å². The fourth-order valence-electron chi connectivity index (χ4n) is 4.59. The van der Waals surface area contributed by atoms with E-state index in [1.54, 1.807) is 19.3 Å². The maximum Gasteiger partial charge on any atom is 0.336 e. The van der Waals surface area contributed by atoms with E-state index in [4.69, 9.17) is 14.2 Å². The van der Waals surface area contributed by atoms with Crippen molar-refractivity contribution in [3.8, 4) is 0 Å². The topological polar surface area (TPSA) is 57.7 Å². The number of hydrogen-bond donors (Lipinski definition) is 0. The first-order valence-electron chi connectivity index (χ1n) is 10.3. The molecular formula is C26H23NO4. The molecule has 5 heteroatoms. The summed E-state index contributed by atoms with van der Waals surface area (Å²) >= 11 is 0. The first-order chi connectivity index (χ1) is 15.0. The lowest BCUT2D eigenvalue weighted by Gasteiger charge is -2.61. The lowest BCUT2D eigenvalue weighted by Crippen LogP contribution is -2.69. The average Bonchev–Trinajstić information content (AvgIpc) is 2.77. The third-order valence-corrected chi connectivity index (χ3v) is 5.98. The average molecular weight is 413 g/mol. The molecule has 0 aliphatic carbocycles. The monoisotopic (exact) mass is 413 g/mol. The third kappa shape index (κ3) is 3.22. The van der Waals surface area contributed by atoms with Gasteiger partial charge in [0.15, 0.2) is 0 Å². The minimum Gasteiger partial charge on any atom is -0.492 e. The summed E-state index contributed by atoms with van der Waals surface area (Å²) in [4.78, 5) is 16.5. The molecule has 0 spiro atoms. The summed E-state index contributed by atoms with van der Waals surface area (Å²) in [6, 6.07) is 22.0. The fraction of sp³-hybridized carbons (Fsp3) is 0.231. The van der Waals surface area contributed by atoms with Gasteiger partial charge in [-0.3, -0.25) is 4.98 Å². The second-order valence-electron chi connectivity index (χ2n) is 8.13. The molecular weight excluding hydrogens is 390 g/mol. The van der Waals surface area contributed by atoms with E-state index in [0.717, 1.165) is 16.7 Å². The zero-order valence-corrected chi connectivity index (χ0v) is 17.4. The number of ether oxygens (including phenoxy) is 3. The van der Waals surface area contributed by atoms with E-state index in [1.807, 2.05) is 73.7 Å². The van der Waals surface area contributed by atoms with E-state index in [9.17, 15) is 4.79 Å². The van der Waals surface area contributed by atoms with Crippen molar-refractivity contribution >= 4 is 5.97 Å². The molecule has 31 heavy (non-hydrogen) atoms. The predicted octanol–water partition coefficient (Wildman–Crippen LogP) is 4.65. The van der Waals surface area contributed by atoms with Crippen molar-refractivity contribution in [3.05, 3.63) is 113 Å². The molecule has 1 unspecified atom stereocenters. The number of aromatic nitrogens is 1. The summed E-state index contributed by atoms with van der Waals surface area (Å²) < 4.78 is 18.3. The second kappa shape index (κ2) is 7.36. The number of aryl methyl sites for hydroxylation is 1. The molecule has 0 radical (unpaired) electrons. The summed E-state index contributed by atoms with van der Waals surface area (Å²) in [6.45, 7) is 4.19. The van der Waals surface area contributed by atoms with Gasteiger partial charge in [0.25, 0.3) is 0 Å². The van der Waals surface area contributed by atoms with E-state index >= 15 is 0 Å². The minimum absolute atomic E-state index is 0.340. The van der Waals surface area contributed by atoms with Crippen LogP contribution in [0.5, 0.6) is 0 Å². The lowest BCUT2D eigenvalue weighted by atomic mass is 9.65. The number of benzene rings is 2. The highest BCUT2D eigenvalue weighted by Crippen LogP contribution is 2.61. The highest BCUT2D eigenvalue weighted by Gasteiger charge is 2.70. The van der Waals surface area contributed by atoms with Crippen molar-refractivity contribution < 1.29 is 19.0 Å². The van der Waals surface area contributed by atoms with Crippen LogP contribution in [0.4, 0.5) is 0 Å². The van der Waals surface area contributed by atoms with Gasteiger partial charge in [0, 0.05) is 19.3 Å². The van der Waals surface area contributed by atoms with Crippen molar-refractivity contribution in [3.63, 3.8) is 0 Å². The highest BCUT2D eigenvalue weighted by molar-refractivity contribution is 5.84. The highest BCUT2D eigenvalue weighted by atomic mass is 16.8. The molecule has 5 nitrogen and oxygen atoms in total. The van der Waals surface area contributed by atoms with Crippen molar-refractivity contribution in [2.75, 3.05) is 0 Å². The van der Waals surface area contributed by atoms with Gasteiger partial charge in [-0.25, -0.2) is 4.79 Å². The molecule has 3 atom stereocenters. The first-order valence-corrected chi connectivity index (χ1v) is 10.3. The van der Waals surface area contributed by atoms with E-state index in [-0.39, 0.29) is 5.92 Å². The van der Waals surface area contributed by atoms with Crippen LogP contribution in [0, 0.1) is 12.8 Å². The van der Waals surface area contributed by atoms with Crippen LogP contribution >= 0.6 is 0 Å². The van der Waals surface area contributed by atoms with Crippen LogP contribution in [-0.4, -0.2) is 16.7 Å². The molecule has 0 amide bonds. The van der Waals surface area contributed by atoms with Crippen molar-refractivity contribution in [1.29, 1.82) is 0 Å². The van der Waals surface area contributed by atoms with Crippen LogP contribution in [0.15, 0.2) is 91.0 Å². The van der Waals surface area contributed by atoms with Crippen LogP contribution in [0.1, 0.15) is 29.2 Å². The van der Waals surface area contributed by atoms with Crippen LogP contribution in [0.25, 0.3) is 0 Å². The molecule has 156 valence electrons.